The summed E-state index contributed by atoms with van der Waals surface area (Å²) in [5, 5.41) is 4.42. The lowest BCUT2D eigenvalue weighted by atomic mass is 10.2. The van der Waals surface area contributed by atoms with Gasteiger partial charge in [0, 0.05) is 16.7 Å². The molecular weight excluding hydrogens is 348 g/mol. The Morgan fingerprint density at radius 3 is 2.81 bits per heavy atom. The Morgan fingerprint density at radius 1 is 1.43 bits per heavy atom. The second-order valence-electron chi connectivity index (χ2n) is 5.26. The van der Waals surface area contributed by atoms with Crippen LogP contribution in [0.25, 0.3) is 0 Å². The SMILES string of the molecule is Cc1cccc(SCC(NN)c2c(Br)cnn2C(C)C)c1. The van der Waals surface area contributed by atoms with Crippen molar-refractivity contribution in [2.24, 2.45) is 5.84 Å². The van der Waals surface area contributed by atoms with Crippen molar-refractivity contribution in [1.82, 2.24) is 15.2 Å². The standard InChI is InChI=1S/C15H21BrN4S/c1-10(2)20-15(13(16)8-18-20)14(19-17)9-21-12-6-4-5-11(3)7-12/h4-8,10,14,19H,9,17H2,1-3H3. The normalized spacial score (nSPS) is 12.9. The van der Waals surface area contributed by atoms with Gasteiger partial charge in [0.25, 0.3) is 0 Å². The predicted octanol–water partition coefficient (Wildman–Crippen LogP) is 3.83. The Balaban J connectivity index is 2.15. The van der Waals surface area contributed by atoms with Crippen LogP contribution >= 0.6 is 27.7 Å². The summed E-state index contributed by atoms with van der Waals surface area (Å²) < 4.78 is 3.00. The van der Waals surface area contributed by atoms with Gasteiger partial charge in [0.2, 0.25) is 0 Å². The van der Waals surface area contributed by atoms with Crippen LogP contribution in [0.15, 0.2) is 39.8 Å². The Labute approximate surface area is 138 Å². The fourth-order valence-corrected chi connectivity index (χ4v) is 3.79. The highest BCUT2D eigenvalue weighted by Gasteiger charge is 2.20. The third-order valence-corrected chi connectivity index (χ3v) is 4.91. The van der Waals surface area contributed by atoms with Crippen molar-refractivity contribution in [3.8, 4) is 0 Å². The average molecular weight is 369 g/mol. The van der Waals surface area contributed by atoms with E-state index in [2.05, 4.69) is 71.5 Å². The lowest BCUT2D eigenvalue weighted by Gasteiger charge is -2.20. The van der Waals surface area contributed by atoms with E-state index in [0.29, 0.717) is 6.04 Å². The van der Waals surface area contributed by atoms with Crippen LogP contribution in [-0.4, -0.2) is 15.5 Å². The number of thioether (sulfide) groups is 1. The summed E-state index contributed by atoms with van der Waals surface area (Å²) in [5.41, 5.74) is 5.27. The minimum absolute atomic E-state index is 0.0368. The molecule has 4 nitrogen and oxygen atoms in total. The molecule has 114 valence electrons. The monoisotopic (exact) mass is 368 g/mol. The van der Waals surface area contributed by atoms with Crippen LogP contribution in [0.2, 0.25) is 0 Å². The molecule has 0 amide bonds. The van der Waals surface area contributed by atoms with Gasteiger partial charge in [-0.2, -0.15) is 5.10 Å². The maximum absolute atomic E-state index is 5.77. The molecular formula is C15H21BrN4S. The summed E-state index contributed by atoms with van der Waals surface area (Å²) in [6.07, 6.45) is 1.83. The third kappa shape index (κ3) is 4.10. The van der Waals surface area contributed by atoms with Gasteiger partial charge in [-0.25, -0.2) is 0 Å². The van der Waals surface area contributed by atoms with E-state index in [1.165, 1.54) is 10.5 Å². The van der Waals surface area contributed by atoms with Crippen molar-refractivity contribution < 1.29 is 0 Å². The molecule has 21 heavy (non-hydrogen) atoms. The number of nitrogens with zero attached hydrogens (tertiary/aromatic N) is 2. The highest BCUT2D eigenvalue weighted by Crippen LogP contribution is 2.30. The first-order chi connectivity index (χ1) is 10.0. The molecule has 1 atom stereocenters. The van der Waals surface area contributed by atoms with Crippen molar-refractivity contribution >= 4 is 27.7 Å². The van der Waals surface area contributed by atoms with Gasteiger partial charge in [-0.3, -0.25) is 16.0 Å². The highest BCUT2D eigenvalue weighted by molar-refractivity contribution is 9.10. The van der Waals surface area contributed by atoms with Gasteiger partial charge >= 0.3 is 0 Å². The Hall–Kier alpha value is -0.820. The quantitative estimate of drug-likeness (QED) is 0.462. The van der Waals surface area contributed by atoms with Gasteiger partial charge in [-0.15, -0.1) is 11.8 Å². The number of nitrogens with one attached hydrogen (secondary N) is 1. The summed E-state index contributed by atoms with van der Waals surface area (Å²) in [6.45, 7) is 6.33. The molecule has 3 N–H and O–H groups in total. The molecule has 0 spiro atoms. The molecule has 1 unspecified atom stereocenters. The second-order valence-corrected chi connectivity index (χ2v) is 7.21. The predicted molar refractivity (Wildman–Crippen MR) is 92.3 cm³/mol. The number of benzene rings is 1. The summed E-state index contributed by atoms with van der Waals surface area (Å²) in [6, 6.07) is 8.83. The van der Waals surface area contributed by atoms with Crippen LogP contribution < -0.4 is 11.3 Å². The molecule has 1 aromatic heterocycles. The highest BCUT2D eigenvalue weighted by atomic mass is 79.9. The molecule has 0 aliphatic carbocycles. The number of aryl methyl sites for hydroxylation is 1. The average Bonchev–Trinajstić information content (AvgIpc) is 2.82. The largest absolute Gasteiger partial charge is 0.271 e. The maximum Gasteiger partial charge on any atom is 0.0734 e. The third-order valence-electron chi connectivity index (χ3n) is 3.21. The summed E-state index contributed by atoms with van der Waals surface area (Å²) in [7, 11) is 0. The van der Waals surface area contributed by atoms with Crippen molar-refractivity contribution in [1.29, 1.82) is 0 Å². The van der Waals surface area contributed by atoms with E-state index in [-0.39, 0.29) is 6.04 Å². The molecule has 0 bridgehead atoms. The van der Waals surface area contributed by atoms with Crippen LogP contribution in [-0.2, 0) is 0 Å². The number of aromatic nitrogens is 2. The van der Waals surface area contributed by atoms with Crippen LogP contribution in [0.5, 0.6) is 0 Å². The molecule has 1 aromatic carbocycles. The van der Waals surface area contributed by atoms with E-state index in [4.69, 9.17) is 5.84 Å². The number of nitrogens with two attached hydrogens (primary N) is 1. The van der Waals surface area contributed by atoms with Crippen LogP contribution in [0.4, 0.5) is 0 Å². The van der Waals surface area contributed by atoms with Crippen LogP contribution in [0.3, 0.4) is 0 Å². The second kappa shape index (κ2) is 7.45. The minimum atomic E-state index is 0.0368. The first-order valence-corrected chi connectivity index (χ1v) is 8.69. The number of hydrogen-bond acceptors (Lipinski definition) is 4. The van der Waals surface area contributed by atoms with E-state index < -0.39 is 0 Å². The van der Waals surface area contributed by atoms with Crippen molar-refractivity contribution in [3.05, 3.63) is 46.2 Å². The topological polar surface area (TPSA) is 55.9 Å². The van der Waals surface area contributed by atoms with E-state index in [9.17, 15) is 0 Å². The molecule has 2 aromatic rings. The lowest BCUT2D eigenvalue weighted by molar-refractivity contribution is 0.467. The van der Waals surface area contributed by atoms with E-state index in [0.717, 1.165) is 15.9 Å². The Bertz CT molecular complexity index is 597. The summed E-state index contributed by atoms with van der Waals surface area (Å²) >= 11 is 5.37. The maximum atomic E-state index is 5.77. The van der Waals surface area contributed by atoms with E-state index in [1.54, 1.807) is 11.8 Å². The Kier molecular flexibility index (Phi) is 5.87. The van der Waals surface area contributed by atoms with Crippen molar-refractivity contribution in [3.63, 3.8) is 0 Å². The van der Waals surface area contributed by atoms with Gasteiger partial charge in [0.15, 0.2) is 0 Å². The van der Waals surface area contributed by atoms with Crippen LogP contribution in [0, 0.1) is 6.92 Å². The number of rotatable bonds is 6. The lowest BCUT2D eigenvalue weighted by Crippen LogP contribution is -2.32. The van der Waals surface area contributed by atoms with Gasteiger partial charge in [-0.05, 0) is 48.8 Å². The first kappa shape index (κ1) is 16.5. The van der Waals surface area contributed by atoms with Gasteiger partial charge in [-0.1, -0.05) is 17.7 Å². The fraction of sp³-hybridized carbons (Fsp3) is 0.400. The first-order valence-electron chi connectivity index (χ1n) is 6.91. The molecule has 0 fully saturated rings. The smallest absolute Gasteiger partial charge is 0.0734 e. The number of hydrogen-bond donors (Lipinski definition) is 2. The van der Waals surface area contributed by atoms with Gasteiger partial charge in [0.1, 0.15) is 0 Å². The minimum Gasteiger partial charge on any atom is -0.271 e. The number of hydrazine groups is 1. The molecule has 0 saturated carbocycles. The summed E-state index contributed by atoms with van der Waals surface area (Å²) in [5.74, 6) is 6.61. The van der Waals surface area contributed by atoms with Crippen LogP contribution in [0.1, 0.15) is 37.2 Å². The fourth-order valence-electron chi connectivity index (χ4n) is 2.18. The zero-order chi connectivity index (χ0) is 15.4. The number of halogens is 1. The molecule has 0 aliphatic heterocycles. The molecule has 1 heterocycles. The van der Waals surface area contributed by atoms with Crippen molar-refractivity contribution in [2.45, 2.75) is 37.8 Å². The van der Waals surface area contributed by atoms with E-state index >= 15 is 0 Å². The zero-order valence-electron chi connectivity index (χ0n) is 12.5. The van der Waals surface area contributed by atoms with E-state index in [1.807, 2.05) is 10.9 Å². The van der Waals surface area contributed by atoms with Gasteiger partial charge in [0.05, 0.1) is 22.4 Å². The Morgan fingerprint density at radius 2 is 2.19 bits per heavy atom. The molecule has 0 saturated heterocycles. The van der Waals surface area contributed by atoms with Gasteiger partial charge < -0.3 is 0 Å². The molecule has 6 heteroatoms. The summed E-state index contributed by atoms with van der Waals surface area (Å²) in [4.78, 5) is 1.25. The molecule has 2 rings (SSSR count). The van der Waals surface area contributed by atoms with Crippen molar-refractivity contribution in [2.75, 3.05) is 5.75 Å². The zero-order valence-corrected chi connectivity index (χ0v) is 14.9. The molecule has 0 radical (unpaired) electrons. The molecule has 0 aliphatic rings.